The third-order valence-electron chi connectivity index (χ3n) is 2.51. The van der Waals surface area contributed by atoms with Gasteiger partial charge in [-0.05, 0) is 20.8 Å². The van der Waals surface area contributed by atoms with E-state index in [0.717, 1.165) is 13.1 Å². The molecule has 1 amide bonds. The molecular formula is C10H20N2O2. The van der Waals surface area contributed by atoms with Crippen LogP contribution in [0.4, 0.5) is 0 Å². The number of nitrogens with zero attached hydrogens (tertiary/aromatic N) is 1. The first kappa shape index (κ1) is 11.5. The maximum absolute atomic E-state index is 11.7. The summed E-state index contributed by atoms with van der Waals surface area (Å²) in [5.41, 5.74) is 0. The van der Waals surface area contributed by atoms with Gasteiger partial charge < -0.3 is 15.0 Å². The number of carbonyl (C=O) groups is 1. The van der Waals surface area contributed by atoms with Gasteiger partial charge in [0.05, 0.1) is 0 Å². The first-order chi connectivity index (χ1) is 6.65. The lowest BCUT2D eigenvalue weighted by Crippen LogP contribution is -2.57. The van der Waals surface area contributed by atoms with Crippen molar-refractivity contribution in [3.63, 3.8) is 0 Å². The van der Waals surface area contributed by atoms with Crippen molar-refractivity contribution in [2.45, 2.75) is 32.9 Å². The van der Waals surface area contributed by atoms with E-state index in [4.69, 9.17) is 4.74 Å². The first-order valence-corrected chi connectivity index (χ1v) is 5.25. The Morgan fingerprint density at radius 2 is 2.29 bits per heavy atom. The van der Waals surface area contributed by atoms with Crippen molar-refractivity contribution in [3.8, 4) is 0 Å². The van der Waals surface area contributed by atoms with E-state index in [-0.39, 0.29) is 18.6 Å². The molecule has 0 bridgehead atoms. The van der Waals surface area contributed by atoms with Crippen LogP contribution in [0.2, 0.25) is 0 Å². The fraction of sp³-hybridized carbons (Fsp3) is 0.900. The third kappa shape index (κ3) is 2.96. The van der Waals surface area contributed by atoms with Gasteiger partial charge >= 0.3 is 0 Å². The molecule has 0 saturated carbocycles. The Morgan fingerprint density at radius 3 is 2.93 bits per heavy atom. The molecule has 1 N–H and O–H groups in total. The number of nitrogens with one attached hydrogen (secondary N) is 1. The van der Waals surface area contributed by atoms with E-state index < -0.39 is 0 Å². The summed E-state index contributed by atoms with van der Waals surface area (Å²) in [6, 6.07) is 0.663. The molecular weight excluding hydrogens is 180 g/mol. The average molecular weight is 200 g/mol. The molecule has 1 heterocycles. The van der Waals surface area contributed by atoms with Crippen molar-refractivity contribution in [2.24, 2.45) is 0 Å². The van der Waals surface area contributed by atoms with Crippen LogP contribution in [0.25, 0.3) is 0 Å². The lowest BCUT2D eigenvalue weighted by Gasteiger charge is -2.37. The average Bonchev–Trinajstić information content (AvgIpc) is 2.18. The molecule has 0 aliphatic carbocycles. The molecule has 0 aromatic heterocycles. The van der Waals surface area contributed by atoms with Crippen molar-refractivity contribution in [3.05, 3.63) is 0 Å². The zero-order chi connectivity index (χ0) is 10.6. The molecule has 1 saturated heterocycles. The van der Waals surface area contributed by atoms with E-state index in [1.807, 2.05) is 11.8 Å². The van der Waals surface area contributed by atoms with E-state index >= 15 is 0 Å². The van der Waals surface area contributed by atoms with E-state index in [0.29, 0.717) is 12.6 Å². The summed E-state index contributed by atoms with van der Waals surface area (Å²) < 4.78 is 5.12. The van der Waals surface area contributed by atoms with Gasteiger partial charge in [0.1, 0.15) is 6.61 Å². The zero-order valence-corrected chi connectivity index (χ0v) is 9.25. The van der Waals surface area contributed by atoms with Crippen molar-refractivity contribution >= 4 is 5.91 Å². The van der Waals surface area contributed by atoms with Crippen molar-refractivity contribution in [1.29, 1.82) is 0 Å². The summed E-state index contributed by atoms with van der Waals surface area (Å²) in [6.07, 6.45) is 0. The van der Waals surface area contributed by atoms with Crippen LogP contribution in [-0.2, 0) is 9.53 Å². The third-order valence-corrected chi connectivity index (χ3v) is 2.51. The van der Waals surface area contributed by atoms with Crippen LogP contribution >= 0.6 is 0 Å². The van der Waals surface area contributed by atoms with Gasteiger partial charge in [0.2, 0.25) is 5.91 Å². The molecule has 0 aromatic rings. The van der Waals surface area contributed by atoms with Gasteiger partial charge in [0, 0.05) is 31.8 Å². The fourth-order valence-electron chi connectivity index (χ4n) is 1.64. The van der Waals surface area contributed by atoms with Gasteiger partial charge in [0.15, 0.2) is 0 Å². The van der Waals surface area contributed by atoms with E-state index in [9.17, 15) is 4.79 Å². The lowest BCUT2D eigenvalue weighted by molar-refractivity contribution is -0.139. The highest BCUT2D eigenvalue weighted by Gasteiger charge is 2.25. The fourth-order valence-corrected chi connectivity index (χ4v) is 1.64. The predicted octanol–water partition coefficient (Wildman–Crippen LogP) is 0.232. The first-order valence-electron chi connectivity index (χ1n) is 5.25. The second kappa shape index (κ2) is 5.32. The van der Waals surface area contributed by atoms with Crippen molar-refractivity contribution in [2.75, 3.05) is 26.3 Å². The zero-order valence-electron chi connectivity index (χ0n) is 9.25. The second-order valence-electron chi connectivity index (χ2n) is 3.84. The van der Waals surface area contributed by atoms with Crippen LogP contribution in [0.3, 0.4) is 0 Å². The smallest absolute Gasteiger partial charge is 0.248 e. The van der Waals surface area contributed by atoms with Crippen LogP contribution < -0.4 is 5.32 Å². The summed E-state index contributed by atoms with van der Waals surface area (Å²) in [4.78, 5) is 13.6. The largest absolute Gasteiger partial charge is 0.372 e. The van der Waals surface area contributed by atoms with Crippen LogP contribution in [0.5, 0.6) is 0 Å². The van der Waals surface area contributed by atoms with Gasteiger partial charge in [-0.1, -0.05) is 0 Å². The minimum Gasteiger partial charge on any atom is -0.372 e. The summed E-state index contributed by atoms with van der Waals surface area (Å²) in [6.45, 7) is 8.52. The standard InChI is InChI=1S/C10H20N2O2/c1-4-14-7-10(13)12-6-8(2)11-5-9(12)3/h8-9,11H,4-7H2,1-3H3. The van der Waals surface area contributed by atoms with Gasteiger partial charge in [-0.3, -0.25) is 4.79 Å². The van der Waals surface area contributed by atoms with Crippen LogP contribution in [0.15, 0.2) is 0 Å². The summed E-state index contributed by atoms with van der Waals surface area (Å²) >= 11 is 0. The Hall–Kier alpha value is -0.610. The number of ether oxygens (including phenoxy) is 1. The highest BCUT2D eigenvalue weighted by Crippen LogP contribution is 2.06. The maximum Gasteiger partial charge on any atom is 0.248 e. The Bertz CT molecular complexity index is 197. The molecule has 1 aliphatic heterocycles. The number of hydrogen-bond donors (Lipinski definition) is 1. The molecule has 82 valence electrons. The summed E-state index contributed by atoms with van der Waals surface area (Å²) in [7, 11) is 0. The molecule has 4 nitrogen and oxygen atoms in total. The molecule has 14 heavy (non-hydrogen) atoms. The Kier molecular flexibility index (Phi) is 4.35. The Morgan fingerprint density at radius 1 is 1.57 bits per heavy atom. The molecule has 1 rings (SSSR count). The molecule has 0 aromatic carbocycles. The van der Waals surface area contributed by atoms with Gasteiger partial charge in [-0.15, -0.1) is 0 Å². The van der Waals surface area contributed by atoms with Gasteiger partial charge in [-0.25, -0.2) is 0 Å². The van der Waals surface area contributed by atoms with E-state index in [1.165, 1.54) is 0 Å². The molecule has 1 aliphatic rings. The normalized spacial score (nSPS) is 27.8. The minimum atomic E-state index is 0.104. The van der Waals surface area contributed by atoms with Crippen LogP contribution in [-0.4, -0.2) is 49.2 Å². The SMILES string of the molecule is CCOCC(=O)N1CC(C)NCC1C. The molecule has 0 radical (unpaired) electrons. The number of piperazine rings is 1. The Labute approximate surface area is 85.6 Å². The topological polar surface area (TPSA) is 41.6 Å². The molecule has 1 fully saturated rings. The second-order valence-corrected chi connectivity index (χ2v) is 3.84. The Balaban J connectivity index is 2.43. The monoisotopic (exact) mass is 200 g/mol. The molecule has 4 heteroatoms. The quantitative estimate of drug-likeness (QED) is 0.709. The predicted molar refractivity (Wildman–Crippen MR) is 55.1 cm³/mol. The van der Waals surface area contributed by atoms with E-state index in [1.54, 1.807) is 0 Å². The summed E-state index contributed by atoms with van der Waals surface area (Å²) in [5, 5.41) is 3.34. The minimum absolute atomic E-state index is 0.104. The number of amides is 1. The van der Waals surface area contributed by atoms with Gasteiger partial charge in [-0.2, -0.15) is 0 Å². The highest BCUT2D eigenvalue weighted by atomic mass is 16.5. The van der Waals surface area contributed by atoms with Crippen LogP contribution in [0, 0.1) is 0 Å². The number of carbonyl (C=O) groups excluding carboxylic acids is 1. The number of rotatable bonds is 3. The molecule has 2 unspecified atom stereocenters. The molecule has 0 spiro atoms. The van der Waals surface area contributed by atoms with Crippen molar-refractivity contribution in [1.82, 2.24) is 10.2 Å². The van der Waals surface area contributed by atoms with E-state index in [2.05, 4.69) is 19.2 Å². The molecule has 2 atom stereocenters. The highest BCUT2D eigenvalue weighted by molar-refractivity contribution is 5.78. The van der Waals surface area contributed by atoms with Gasteiger partial charge in [0.25, 0.3) is 0 Å². The summed E-state index contributed by atoms with van der Waals surface area (Å²) in [5.74, 6) is 0.104. The number of hydrogen-bond acceptors (Lipinski definition) is 3. The lowest BCUT2D eigenvalue weighted by atomic mass is 10.1. The van der Waals surface area contributed by atoms with Crippen LogP contribution in [0.1, 0.15) is 20.8 Å². The maximum atomic E-state index is 11.7. The van der Waals surface area contributed by atoms with Crippen molar-refractivity contribution < 1.29 is 9.53 Å².